The van der Waals surface area contributed by atoms with Gasteiger partial charge in [0.25, 0.3) is 10.0 Å². The Morgan fingerprint density at radius 3 is 2.04 bits per heavy atom. The largest absolute Gasteiger partial charge is 0.493 e. The van der Waals surface area contributed by atoms with Crippen molar-refractivity contribution in [2.45, 2.75) is 43.8 Å². The van der Waals surface area contributed by atoms with Crippen LogP contribution in [-0.4, -0.2) is 58.0 Å². The van der Waals surface area contributed by atoms with Crippen LogP contribution in [0.1, 0.15) is 25.0 Å². The van der Waals surface area contributed by atoms with Gasteiger partial charge in [0.15, 0.2) is 11.5 Å². The molecule has 0 radical (unpaired) electrons. The standard InChI is InChI=1S/C35H38BrN3O6S/c1-25(2)37-35(41)31(21-26-12-7-5-8-13-26)38(23-27-14-11-15-28(36)20-27)34(40)24-39(46(42,43)30-16-9-6-10-17-30)29-18-19-32(44-3)33(22-29)45-4/h5-20,22,25,31H,21,23-24H2,1-4H3,(H,37,41)/t31-/m0/s1. The summed E-state index contributed by atoms with van der Waals surface area (Å²) in [6.07, 6.45) is 0.223. The number of hydrogen-bond donors (Lipinski definition) is 1. The monoisotopic (exact) mass is 707 g/mol. The molecule has 0 aliphatic carbocycles. The zero-order chi connectivity index (χ0) is 33.3. The predicted octanol–water partition coefficient (Wildman–Crippen LogP) is 5.83. The number of anilines is 1. The number of nitrogens with one attached hydrogen (secondary N) is 1. The van der Waals surface area contributed by atoms with Crippen molar-refractivity contribution < 1.29 is 27.5 Å². The quantitative estimate of drug-likeness (QED) is 0.177. The number of carbonyl (C=O) groups excluding carboxylic acids is 2. The van der Waals surface area contributed by atoms with E-state index in [2.05, 4.69) is 21.2 Å². The van der Waals surface area contributed by atoms with Crippen LogP contribution in [0.25, 0.3) is 0 Å². The summed E-state index contributed by atoms with van der Waals surface area (Å²) < 4.78 is 41.0. The molecule has 2 amide bonds. The second-order valence-electron chi connectivity index (χ2n) is 10.9. The van der Waals surface area contributed by atoms with Crippen LogP contribution in [-0.2, 0) is 32.6 Å². The average molecular weight is 709 g/mol. The lowest BCUT2D eigenvalue weighted by Gasteiger charge is -2.34. The summed E-state index contributed by atoms with van der Waals surface area (Å²) in [5, 5.41) is 2.96. The van der Waals surface area contributed by atoms with Gasteiger partial charge in [0, 0.05) is 29.5 Å². The summed E-state index contributed by atoms with van der Waals surface area (Å²) in [5.74, 6) is -0.205. The fourth-order valence-electron chi connectivity index (χ4n) is 5.00. The zero-order valence-electron chi connectivity index (χ0n) is 26.2. The molecule has 0 spiro atoms. The minimum Gasteiger partial charge on any atom is -0.493 e. The van der Waals surface area contributed by atoms with Crippen molar-refractivity contribution in [1.29, 1.82) is 0 Å². The number of nitrogens with zero attached hydrogens (tertiary/aromatic N) is 2. The molecule has 242 valence electrons. The maximum Gasteiger partial charge on any atom is 0.264 e. The van der Waals surface area contributed by atoms with Gasteiger partial charge in [-0.2, -0.15) is 0 Å². The first-order valence-electron chi connectivity index (χ1n) is 14.7. The van der Waals surface area contributed by atoms with Crippen molar-refractivity contribution in [2.75, 3.05) is 25.1 Å². The van der Waals surface area contributed by atoms with E-state index in [4.69, 9.17) is 9.47 Å². The average Bonchev–Trinajstić information content (AvgIpc) is 3.05. The highest BCUT2D eigenvalue weighted by Gasteiger charge is 2.35. The van der Waals surface area contributed by atoms with Gasteiger partial charge in [-0.15, -0.1) is 0 Å². The van der Waals surface area contributed by atoms with E-state index >= 15 is 0 Å². The van der Waals surface area contributed by atoms with E-state index in [0.29, 0.717) is 11.5 Å². The normalized spacial score (nSPS) is 11.9. The van der Waals surface area contributed by atoms with E-state index in [0.717, 1.165) is 19.9 Å². The van der Waals surface area contributed by atoms with Crippen molar-refractivity contribution >= 4 is 43.5 Å². The minimum atomic E-state index is -4.25. The van der Waals surface area contributed by atoms with Gasteiger partial charge in [0.05, 0.1) is 24.8 Å². The first-order valence-corrected chi connectivity index (χ1v) is 16.9. The Hall–Kier alpha value is -4.35. The Bertz CT molecular complexity index is 1740. The number of carbonyl (C=O) groups is 2. The third-order valence-corrected chi connectivity index (χ3v) is 9.49. The van der Waals surface area contributed by atoms with Gasteiger partial charge in [-0.25, -0.2) is 8.42 Å². The molecule has 1 N–H and O–H groups in total. The smallest absolute Gasteiger partial charge is 0.264 e. The topological polar surface area (TPSA) is 105 Å². The maximum atomic E-state index is 14.6. The second kappa shape index (κ2) is 15.8. The molecule has 0 saturated carbocycles. The van der Waals surface area contributed by atoms with Crippen LogP contribution >= 0.6 is 15.9 Å². The number of benzene rings is 4. The van der Waals surface area contributed by atoms with Crippen molar-refractivity contribution in [1.82, 2.24) is 10.2 Å². The molecule has 0 saturated heterocycles. The van der Waals surface area contributed by atoms with Gasteiger partial charge in [-0.1, -0.05) is 76.6 Å². The molecule has 0 fully saturated rings. The summed E-state index contributed by atoms with van der Waals surface area (Å²) in [4.78, 5) is 29.8. The van der Waals surface area contributed by atoms with Gasteiger partial charge in [0.1, 0.15) is 12.6 Å². The van der Waals surface area contributed by atoms with E-state index < -0.39 is 28.5 Å². The van der Waals surface area contributed by atoms with E-state index in [1.807, 2.05) is 68.4 Å². The van der Waals surface area contributed by atoms with Gasteiger partial charge >= 0.3 is 0 Å². The van der Waals surface area contributed by atoms with E-state index in [-0.39, 0.29) is 35.5 Å². The molecule has 11 heteroatoms. The third-order valence-electron chi connectivity index (χ3n) is 7.21. The number of amides is 2. The van der Waals surface area contributed by atoms with Crippen LogP contribution in [0.2, 0.25) is 0 Å². The highest BCUT2D eigenvalue weighted by Crippen LogP contribution is 2.34. The van der Waals surface area contributed by atoms with Crippen molar-refractivity contribution in [3.8, 4) is 11.5 Å². The molecule has 0 unspecified atom stereocenters. The van der Waals surface area contributed by atoms with Gasteiger partial charge in [-0.05, 0) is 61.4 Å². The SMILES string of the molecule is COc1ccc(N(CC(=O)N(Cc2cccc(Br)c2)[C@@H](Cc2ccccc2)C(=O)NC(C)C)S(=O)(=O)c2ccccc2)cc1OC. The zero-order valence-corrected chi connectivity index (χ0v) is 28.6. The maximum absolute atomic E-state index is 14.6. The molecular formula is C35H38BrN3O6S. The van der Waals surface area contributed by atoms with E-state index in [1.165, 1.54) is 37.3 Å². The van der Waals surface area contributed by atoms with Crippen molar-refractivity contribution in [3.63, 3.8) is 0 Å². The molecule has 0 aliphatic rings. The molecule has 0 aliphatic heterocycles. The molecule has 9 nitrogen and oxygen atoms in total. The minimum absolute atomic E-state index is 0.00881. The Balaban J connectivity index is 1.84. The number of hydrogen-bond acceptors (Lipinski definition) is 6. The summed E-state index contributed by atoms with van der Waals surface area (Å²) in [5.41, 5.74) is 1.82. The summed E-state index contributed by atoms with van der Waals surface area (Å²) >= 11 is 3.50. The van der Waals surface area contributed by atoms with Crippen molar-refractivity contribution in [2.24, 2.45) is 0 Å². The molecule has 4 aromatic rings. The Morgan fingerprint density at radius 2 is 1.43 bits per heavy atom. The van der Waals surface area contributed by atoms with Crippen LogP contribution in [0, 0.1) is 0 Å². The Kier molecular flexibility index (Phi) is 11.8. The van der Waals surface area contributed by atoms with Crippen LogP contribution < -0.4 is 19.1 Å². The first-order chi connectivity index (χ1) is 22.0. The number of methoxy groups -OCH3 is 2. The third kappa shape index (κ3) is 8.67. The van der Waals surface area contributed by atoms with Crippen LogP contribution in [0.3, 0.4) is 0 Å². The number of halogens is 1. The number of ether oxygens (including phenoxy) is 2. The van der Waals surface area contributed by atoms with Gasteiger partial charge < -0.3 is 19.7 Å². The second-order valence-corrected chi connectivity index (χ2v) is 13.7. The predicted molar refractivity (Wildman–Crippen MR) is 182 cm³/mol. The Labute approximate surface area is 279 Å². The van der Waals surface area contributed by atoms with E-state index in [9.17, 15) is 18.0 Å². The summed E-state index contributed by atoms with van der Waals surface area (Å²) in [6.45, 7) is 3.18. The molecular weight excluding hydrogens is 670 g/mol. The fraction of sp³-hybridized carbons (Fsp3) is 0.257. The highest BCUT2D eigenvalue weighted by molar-refractivity contribution is 9.10. The molecule has 1 atom stereocenters. The lowest BCUT2D eigenvalue weighted by Crippen LogP contribution is -2.54. The summed E-state index contributed by atoms with van der Waals surface area (Å²) in [6, 6.07) is 28.3. The van der Waals surface area contributed by atoms with Gasteiger partial charge in [0.2, 0.25) is 11.8 Å². The molecule has 4 aromatic carbocycles. The lowest BCUT2D eigenvalue weighted by molar-refractivity contribution is -0.140. The molecule has 0 heterocycles. The van der Waals surface area contributed by atoms with E-state index in [1.54, 1.807) is 30.3 Å². The highest BCUT2D eigenvalue weighted by atomic mass is 79.9. The molecule has 0 bridgehead atoms. The van der Waals surface area contributed by atoms with Crippen LogP contribution in [0.15, 0.2) is 112 Å². The molecule has 46 heavy (non-hydrogen) atoms. The summed E-state index contributed by atoms with van der Waals surface area (Å²) in [7, 11) is -1.32. The lowest BCUT2D eigenvalue weighted by atomic mass is 10.0. The van der Waals surface area contributed by atoms with Crippen LogP contribution in [0.4, 0.5) is 5.69 Å². The Morgan fingerprint density at radius 1 is 0.804 bits per heavy atom. The first kappa shape index (κ1) is 34.5. The fourth-order valence-corrected chi connectivity index (χ4v) is 6.87. The number of sulfonamides is 1. The van der Waals surface area contributed by atoms with Gasteiger partial charge in [-0.3, -0.25) is 13.9 Å². The molecule has 0 aromatic heterocycles. The van der Waals surface area contributed by atoms with Crippen molar-refractivity contribution in [3.05, 3.63) is 119 Å². The number of rotatable bonds is 14. The van der Waals surface area contributed by atoms with Crippen LogP contribution in [0.5, 0.6) is 11.5 Å². The molecule has 4 rings (SSSR count).